The van der Waals surface area contributed by atoms with Gasteiger partial charge < -0.3 is 9.59 Å². The fraction of sp³-hybridized carbons (Fsp3) is 0.375. The number of imide groups is 2. The molecule has 0 atom stereocenters. The quantitative estimate of drug-likeness (QED) is 0.165. The van der Waals surface area contributed by atoms with Crippen LogP contribution in [0.3, 0.4) is 0 Å². The highest BCUT2D eigenvalue weighted by molar-refractivity contribution is 6.34. The van der Waals surface area contributed by atoms with Gasteiger partial charge in [0.15, 0.2) is 0 Å². The molecule has 0 saturated heterocycles. The first-order valence-corrected chi connectivity index (χ1v) is 20.0. The first kappa shape index (κ1) is 50.5. The van der Waals surface area contributed by atoms with Crippen molar-refractivity contribution in [2.24, 2.45) is 0 Å². The number of nitrogens with zero attached hydrogens (tertiary/aromatic N) is 2. The number of hydrogen-bond acceptors (Lipinski definition) is 6. The Hall–Kier alpha value is -5.50. The van der Waals surface area contributed by atoms with Crippen LogP contribution in [0.4, 0.5) is 5.69 Å². The van der Waals surface area contributed by atoms with Crippen LogP contribution in [0.25, 0.3) is 11.1 Å². The van der Waals surface area contributed by atoms with E-state index in [1.54, 1.807) is 62.4 Å². The number of carbonyl (C=O) groups excluding carboxylic acids is 6. The summed E-state index contributed by atoms with van der Waals surface area (Å²) in [7, 11) is 1.49. The SMILES string of the molecule is CC.CC.CC.CCCCC(C)=O.CCCCC(C)=O.CN1C(=O)c2ccccc2C1=O.Cc1ccc(-c2ccc(N3C(=O)c4ccccc4C3=O)cc2)cc1. The molecule has 0 radical (unpaired) electrons. The predicted molar refractivity (Wildman–Crippen MR) is 232 cm³/mol. The minimum absolute atomic E-state index is 0.212. The van der Waals surface area contributed by atoms with Crippen LogP contribution in [0, 0.1) is 6.92 Å². The van der Waals surface area contributed by atoms with Gasteiger partial charge in [-0.15, -0.1) is 0 Å². The molecule has 302 valence electrons. The highest BCUT2D eigenvalue weighted by atomic mass is 16.2. The lowest BCUT2D eigenvalue weighted by Crippen LogP contribution is -2.29. The monoisotopic (exact) mass is 764 g/mol. The number of carbonyl (C=O) groups is 6. The zero-order valence-electron chi connectivity index (χ0n) is 35.8. The minimum Gasteiger partial charge on any atom is -0.300 e. The molecule has 0 aliphatic carbocycles. The molecular formula is C48H64N2O6. The van der Waals surface area contributed by atoms with Crippen molar-refractivity contribution in [1.29, 1.82) is 0 Å². The van der Waals surface area contributed by atoms with Crippen molar-refractivity contribution in [3.63, 3.8) is 0 Å². The molecule has 0 N–H and O–H groups in total. The van der Waals surface area contributed by atoms with Gasteiger partial charge in [-0.3, -0.25) is 24.1 Å². The summed E-state index contributed by atoms with van der Waals surface area (Å²) < 4.78 is 0. The largest absolute Gasteiger partial charge is 0.300 e. The standard InChI is InChI=1S/C21H15NO2.C9H7NO2.2C6H12O.3C2H6/c1-14-6-8-15(9-7-14)16-10-12-17(13-11-16)22-20(23)18-4-2-3-5-19(18)21(22)24;1-10-8(11)6-4-2-3-5-7(6)9(10)12;2*1-3-4-5-6(2)7;3*1-2/h2-13H,1H3;2-5H,1H3;2*3-5H2,1-2H3;3*1-2H3. The van der Waals surface area contributed by atoms with Gasteiger partial charge in [0.05, 0.1) is 27.9 Å². The number of benzene rings is 4. The molecule has 2 aliphatic heterocycles. The minimum atomic E-state index is -0.265. The lowest BCUT2D eigenvalue weighted by molar-refractivity contribution is -0.117. The van der Waals surface area contributed by atoms with Crippen molar-refractivity contribution in [1.82, 2.24) is 4.90 Å². The molecule has 0 aromatic heterocycles. The zero-order chi connectivity index (χ0) is 42.8. The van der Waals surface area contributed by atoms with Crippen LogP contribution < -0.4 is 4.90 Å². The van der Waals surface area contributed by atoms with E-state index in [-0.39, 0.29) is 23.6 Å². The summed E-state index contributed by atoms with van der Waals surface area (Å²) in [6.45, 7) is 21.5. The maximum Gasteiger partial charge on any atom is 0.266 e. The Labute approximate surface area is 336 Å². The van der Waals surface area contributed by atoms with E-state index in [0.717, 1.165) is 54.6 Å². The molecule has 0 bridgehead atoms. The number of rotatable bonds is 8. The van der Waals surface area contributed by atoms with Crippen LogP contribution in [0.1, 0.15) is 155 Å². The summed E-state index contributed by atoms with van der Waals surface area (Å²) >= 11 is 0. The van der Waals surface area contributed by atoms with Crippen molar-refractivity contribution >= 4 is 40.9 Å². The van der Waals surface area contributed by atoms with Crippen LogP contribution in [0.15, 0.2) is 97.1 Å². The maximum atomic E-state index is 12.5. The van der Waals surface area contributed by atoms with Gasteiger partial charge in [-0.1, -0.05) is 134 Å². The maximum absolute atomic E-state index is 12.5. The van der Waals surface area contributed by atoms with E-state index in [1.807, 2.05) is 65.8 Å². The topological polar surface area (TPSA) is 109 Å². The second-order valence-corrected chi connectivity index (χ2v) is 12.2. The Morgan fingerprint density at radius 3 is 1.07 bits per heavy atom. The van der Waals surface area contributed by atoms with Crippen LogP contribution in [0.5, 0.6) is 0 Å². The van der Waals surface area contributed by atoms with Gasteiger partial charge in [0.1, 0.15) is 11.6 Å². The number of Topliss-reactive ketones (excluding diaryl/α,β-unsaturated/α-hetero) is 2. The second-order valence-electron chi connectivity index (χ2n) is 12.2. The summed E-state index contributed by atoms with van der Waals surface area (Å²) in [5.74, 6) is -0.340. The van der Waals surface area contributed by atoms with Crippen molar-refractivity contribution < 1.29 is 28.8 Å². The number of hydrogen-bond donors (Lipinski definition) is 0. The molecule has 0 fully saturated rings. The normalized spacial score (nSPS) is 11.5. The summed E-state index contributed by atoms with van der Waals surface area (Å²) in [6.07, 6.45) is 5.87. The molecule has 56 heavy (non-hydrogen) atoms. The molecule has 8 heteroatoms. The molecule has 4 amide bonds. The Morgan fingerprint density at radius 2 is 0.786 bits per heavy atom. The van der Waals surface area contributed by atoms with Crippen molar-refractivity contribution in [2.45, 2.75) is 115 Å². The molecule has 8 nitrogen and oxygen atoms in total. The van der Waals surface area contributed by atoms with Crippen molar-refractivity contribution in [3.8, 4) is 11.1 Å². The molecule has 4 aromatic rings. The molecule has 4 aromatic carbocycles. The third-order valence-electron chi connectivity index (χ3n) is 8.07. The van der Waals surface area contributed by atoms with Crippen LogP contribution in [-0.4, -0.2) is 47.1 Å². The number of unbranched alkanes of at least 4 members (excludes halogenated alkanes) is 2. The van der Waals surface area contributed by atoms with Crippen LogP contribution in [-0.2, 0) is 9.59 Å². The number of amides is 4. The van der Waals surface area contributed by atoms with E-state index < -0.39 is 0 Å². The molecule has 0 unspecified atom stereocenters. The van der Waals surface area contributed by atoms with E-state index in [1.165, 1.54) is 17.5 Å². The fourth-order valence-corrected chi connectivity index (χ4v) is 5.13. The smallest absolute Gasteiger partial charge is 0.266 e. The Bertz CT molecular complexity index is 1740. The summed E-state index contributed by atoms with van der Waals surface area (Å²) in [6, 6.07) is 29.5. The summed E-state index contributed by atoms with van der Waals surface area (Å²) in [4.78, 5) is 70.4. The second kappa shape index (κ2) is 28.0. The average molecular weight is 765 g/mol. The van der Waals surface area contributed by atoms with Crippen molar-refractivity contribution in [3.05, 3.63) is 125 Å². The first-order valence-electron chi connectivity index (χ1n) is 20.0. The van der Waals surface area contributed by atoms with Gasteiger partial charge >= 0.3 is 0 Å². The van der Waals surface area contributed by atoms with E-state index >= 15 is 0 Å². The van der Waals surface area contributed by atoms with E-state index in [0.29, 0.717) is 39.5 Å². The average Bonchev–Trinajstić information content (AvgIpc) is 3.62. The molecule has 2 aliphatic rings. The fourth-order valence-electron chi connectivity index (χ4n) is 5.13. The number of fused-ring (bicyclic) bond motifs is 2. The first-order chi connectivity index (χ1) is 26.9. The van der Waals surface area contributed by atoms with Gasteiger partial charge in [0.25, 0.3) is 23.6 Å². The Morgan fingerprint density at radius 1 is 0.482 bits per heavy atom. The highest BCUT2D eigenvalue weighted by Gasteiger charge is 2.36. The summed E-state index contributed by atoms with van der Waals surface area (Å²) in [5, 5.41) is 0. The van der Waals surface area contributed by atoms with Crippen LogP contribution in [0.2, 0.25) is 0 Å². The predicted octanol–water partition coefficient (Wildman–Crippen LogP) is 12.0. The van der Waals surface area contributed by atoms with Gasteiger partial charge in [-0.2, -0.15) is 0 Å². The van der Waals surface area contributed by atoms with E-state index in [2.05, 4.69) is 45.0 Å². The van der Waals surface area contributed by atoms with Gasteiger partial charge in [-0.25, -0.2) is 4.90 Å². The zero-order valence-corrected chi connectivity index (χ0v) is 35.8. The Balaban J connectivity index is 0.000000792. The van der Waals surface area contributed by atoms with E-state index in [4.69, 9.17) is 0 Å². The number of ketones is 2. The number of aryl methyl sites for hydroxylation is 1. The Kier molecular flexibility index (Phi) is 25.2. The molecule has 0 saturated carbocycles. The van der Waals surface area contributed by atoms with E-state index in [9.17, 15) is 28.8 Å². The molecule has 6 rings (SSSR count). The molecule has 0 spiro atoms. The van der Waals surface area contributed by atoms with Crippen LogP contribution >= 0.6 is 0 Å². The summed E-state index contributed by atoms with van der Waals surface area (Å²) in [5.41, 5.74) is 5.90. The lowest BCUT2D eigenvalue weighted by Gasteiger charge is -2.14. The molecule has 2 heterocycles. The number of anilines is 1. The third kappa shape index (κ3) is 15.3. The lowest BCUT2D eigenvalue weighted by atomic mass is 10.0. The van der Waals surface area contributed by atoms with Crippen molar-refractivity contribution in [2.75, 3.05) is 11.9 Å². The van der Waals surface area contributed by atoms with Gasteiger partial charge in [0, 0.05) is 19.9 Å². The van der Waals surface area contributed by atoms with Gasteiger partial charge in [0.2, 0.25) is 0 Å². The highest BCUT2D eigenvalue weighted by Crippen LogP contribution is 2.30. The third-order valence-corrected chi connectivity index (χ3v) is 8.07. The van der Waals surface area contributed by atoms with Gasteiger partial charge in [-0.05, 0) is 81.1 Å². The molecular weight excluding hydrogens is 701 g/mol.